The zero-order chi connectivity index (χ0) is 23.1. The number of amides is 2. The predicted molar refractivity (Wildman–Crippen MR) is 119 cm³/mol. The highest BCUT2D eigenvalue weighted by molar-refractivity contribution is 6.36. The lowest BCUT2D eigenvalue weighted by Crippen LogP contribution is -2.33. The SMILES string of the molecule is O=C(CNC(=O)c1ccc(Cl)cc1Cl)OC(C(=O)Nc1ccc(F)cc1)c1ccccc1. The summed E-state index contributed by atoms with van der Waals surface area (Å²) < 4.78 is 18.4. The number of hydrogen-bond donors (Lipinski definition) is 2. The first-order valence-electron chi connectivity index (χ1n) is 9.37. The number of esters is 1. The van der Waals surface area contributed by atoms with Gasteiger partial charge in [-0.3, -0.25) is 14.4 Å². The van der Waals surface area contributed by atoms with Gasteiger partial charge in [0.15, 0.2) is 0 Å². The van der Waals surface area contributed by atoms with E-state index in [0.29, 0.717) is 16.3 Å². The van der Waals surface area contributed by atoms with Gasteiger partial charge in [-0.05, 0) is 42.5 Å². The Labute approximate surface area is 193 Å². The molecule has 0 fully saturated rings. The number of halogens is 3. The van der Waals surface area contributed by atoms with E-state index in [0.717, 1.165) is 0 Å². The van der Waals surface area contributed by atoms with Gasteiger partial charge < -0.3 is 15.4 Å². The third kappa shape index (κ3) is 6.29. The van der Waals surface area contributed by atoms with Crippen LogP contribution in [0.15, 0.2) is 72.8 Å². The van der Waals surface area contributed by atoms with Crippen LogP contribution in [0.2, 0.25) is 10.0 Å². The van der Waals surface area contributed by atoms with Gasteiger partial charge in [0.05, 0.1) is 10.6 Å². The Kier molecular flexibility index (Phi) is 7.81. The number of nitrogens with one attached hydrogen (secondary N) is 2. The van der Waals surface area contributed by atoms with Crippen molar-refractivity contribution in [1.29, 1.82) is 0 Å². The van der Waals surface area contributed by atoms with Crippen LogP contribution >= 0.6 is 23.2 Å². The fraction of sp³-hybridized carbons (Fsp3) is 0.0870. The number of carbonyl (C=O) groups excluding carboxylic acids is 3. The standard InChI is InChI=1S/C23H17Cl2FN2O4/c24-15-6-11-18(19(25)12-15)22(30)27-13-20(29)32-21(14-4-2-1-3-5-14)23(31)28-17-9-7-16(26)8-10-17/h1-12,21H,13H2,(H,27,30)(H,28,31). The van der Waals surface area contributed by atoms with E-state index in [-0.39, 0.29) is 10.6 Å². The first kappa shape index (κ1) is 23.2. The molecule has 0 radical (unpaired) electrons. The van der Waals surface area contributed by atoms with Gasteiger partial charge in [-0.1, -0.05) is 53.5 Å². The summed E-state index contributed by atoms with van der Waals surface area (Å²) in [5.74, 6) is -2.53. The smallest absolute Gasteiger partial charge is 0.326 e. The zero-order valence-electron chi connectivity index (χ0n) is 16.5. The highest BCUT2D eigenvalue weighted by Crippen LogP contribution is 2.22. The summed E-state index contributed by atoms with van der Waals surface area (Å²) in [4.78, 5) is 37.4. The van der Waals surface area contributed by atoms with Gasteiger partial charge in [0.25, 0.3) is 11.8 Å². The van der Waals surface area contributed by atoms with Crippen LogP contribution < -0.4 is 10.6 Å². The molecular weight excluding hydrogens is 458 g/mol. The van der Waals surface area contributed by atoms with Crippen molar-refractivity contribution < 1.29 is 23.5 Å². The van der Waals surface area contributed by atoms with Crippen molar-refractivity contribution in [2.45, 2.75) is 6.10 Å². The fourth-order valence-corrected chi connectivity index (χ4v) is 3.23. The second kappa shape index (κ2) is 10.7. The molecule has 164 valence electrons. The zero-order valence-corrected chi connectivity index (χ0v) is 18.0. The molecule has 0 aromatic heterocycles. The lowest BCUT2D eigenvalue weighted by molar-refractivity contribution is -0.153. The lowest BCUT2D eigenvalue weighted by atomic mass is 10.1. The monoisotopic (exact) mass is 474 g/mol. The maximum atomic E-state index is 13.1. The summed E-state index contributed by atoms with van der Waals surface area (Å²) in [7, 11) is 0. The number of hydrogen-bond acceptors (Lipinski definition) is 4. The summed E-state index contributed by atoms with van der Waals surface area (Å²) in [5, 5.41) is 5.47. The van der Waals surface area contributed by atoms with Crippen molar-refractivity contribution in [2.24, 2.45) is 0 Å². The quantitative estimate of drug-likeness (QED) is 0.482. The molecule has 0 bridgehead atoms. The molecule has 0 aliphatic heterocycles. The molecule has 9 heteroatoms. The summed E-state index contributed by atoms with van der Waals surface area (Å²) >= 11 is 11.8. The van der Waals surface area contributed by atoms with Gasteiger partial charge >= 0.3 is 5.97 Å². The Morgan fingerprint density at radius 2 is 1.62 bits per heavy atom. The van der Waals surface area contributed by atoms with Gasteiger partial charge in [0.2, 0.25) is 6.10 Å². The molecule has 32 heavy (non-hydrogen) atoms. The van der Waals surface area contributed by atoms with Crippen molar-refractivity contribution in [3.63, 3.8) is 0 Å². The first-order valence-corrected chi connectivity index (χ1v) is 10.1. The number of carbonyl (C=O) groups is 3. The van der Waals surface area contributed by atoms with Crippen molar-refractivity contribution in [3.05, 3.63) is 99.8 Å². The Morgan fingerprint density at radius 3 is 2.28 bits per heavy atom. The minimum absolute atomic E-state index is 0.129. The van der Waals surface area contributed by atoms with Gasteiger partial charge in [-0.15, -0.1) is 0 Å². The number of anilines is 1. The Morgan fingerprint density at radius 1 is 0.938 bits per heavy atom. The van der Waals surface area contributed by atoms with Crippen LogP contribution in [0.3, 0.4) is 0 Å². The first-order chi connectivity index (χ1) is 15.3. The van der Waals surface area contributed by atoms with Crippen LogP contribution in [0.4, 0.5) is 10.1 Å². The molecule has 2 N–H and O–H groups in total. The normalized spacial score (nSPS) is 11.3. The van der Waals surface area contributed by atoms with E-state index < -0.39 is 36.2 Å². The largest absolute Gasteiger partial charge is 0.446 e. The highest BCUT2D eigenvalue weighted by Gasteiger charge is 2.25. The molecule has 0 saturated carbocycles. The molecule has 1 atom stereocenters. The average Bonchev–Trinajstić information content (AvgIpc) is 2.78. The maximum Gasteiger partial charge on any atom is 0.326 e. The predicted octanol–water partition coefficient (Wildman–Crippen LogP) is 4.79. The van der Waals surface area contributed by atoms with E-state index >= 15 is 0 Å². The number of ether oxygens (including phenoxy) is 1. The molecular formula is C23H17Cl2FN2O4. The van der Waals surface area contributed by atoms with Crippen molar-refractivity contribution >= 4 is 46.7 Å². The highest BCUT2D eigenvalue weighted by atomic mass is 35.5. The van der Waals surface area contributed by atoms with E-state index in [1.165, 1.54) is 42.5 Å². The van der Waals surface area contributed by atoms with Crippen LogP contribution in [0.5, 0.6) is 0 Å². The Balaban J connectivity index is 1.67. The van der Waals surface area contributed by atoms with E-state index in [4.69, 9.17) is 27.9 Å². The van der Waals surface area contributed by atoms with E-state index in [2.05, 4.69) is 10.6 Å². The molecule has 3 aromatic carbocycles. The minimum atomic E-state index is -1.29. The third-order valence-electron chi connectivity index (χ3n) is 4.27. The summed E-state index contributed by atoms with van der Waals surface area (Å²) in [6.45, 7) is -0.495. The van der Waals surface area contributed by atoms with Crippen molar-refractivity contribution in [2.75, 3.05) is 11.9 Å². The topological polar surface area (TPSA) is 84.5 Å². The summed E-state index contributed by atoms with van der Waals surface area (Å²) in [6.07, 6.45) is -1.29. The molecule has 0 aliphatic carbocycles. The van der Waals surface area contributed by atoms with Gasteiger partial charge in [-0.25, -0.2) is 4.39 Å². The molecule has 1 unspecified atom stereocenters. The average molecular weight is 475 g/mol. The maximum absolute atomic E-state index is 13.1. The van der Waals surface area contributed by atoms with Crippen LogP contribution in [0.25, 0.3) is 0 Å². The molecule has 6 nitrogen and oxygen atoms in total. The van der Waals surface area contributed by atoms with Crippen LogP contribution in [0.1, 0.15) is 22.0 Å². The molecule has 3 rings (SSSR count). The molecule has 2 amide bonds. The van der Waals surface area contributed by atoms with Crippen LogP contribution in [-0.4, -0.2) is 24.3 Å². The Hall–Kier alpha value is -3.42. The van der Waals surface area contributed by atoms with Crippen molar-refractivity contribution in [1.82, 2.24) is 5.32 Å². The summed E-state index contributed by atoms with van der Waals surface area (Å²) in [5.41, 5.74) is 0.893. The molecule has 0 heterocycles. The van der Waals surface area contributed by atoms with Gasteiger partial charge in [0, 0.05) is 16.3 Å². The van der Waals surface area contributed by atoms with Crippen molar-refractivity contribution in [3.8, 4) is 0 Å². The fourth-order valence-electron chi connectivity index (χ4n) is 2.74. The lowest BCUT2D eigenvalue weighted by Gasteiger charge is -2.18. The molecule has 3 aromatic rings. The van der Waals surface area contributed by atoms with Gasteiger partial charge in [-0.2, -0.15) is 0 Å². The summed E-state index contributed by atoms with van der Waals surface area (Å²) in [6, 6.07) is 17.8. The second-order valence-corrected chi connectivity index (χ2v) is 7.43. The van der Waals surface area contributed by atoms with E-state index in [1.54, 1.807) is 30.3 Å². The van der Waals surface area contributed by atoms with Gasteiger partial charge in [0.1, 0.15) is 12.4 Å². The second-order valence-electron chi connectivity index (χ2n) is 6.58. The number of benzene rings is 3. The Bertz CT molecular complexity index is 1120. The van der Waals surface area contributed by atoms with E-state index in [9.17, 15) is 18.8 Å². The molecule has 0 aliphatic rings. The third-order valence-corrected chi connectivity index (χ3v) is 4.82. The minimum Gasteiger partial charge on any atom is -0.446 e. The van der Waals surface area contributed by atoms with E-state index in [1.807, 2.05) is 0 Å². The molecule has 0 spiro atoms. The number of rotatable bonds is 7. The molecule has 0 saturated heterocycles. The van der Waals surface area contributed by atoms with Crippen LogP contribution in [0, 0.1) is 5.82 Å². The van der Waals surface area contributed by atoms with Crippen LogP contribution in [-0.2, 0) is 14.3 Å².